The largest absolute Gasteiger partial charge is 0.478 e. The van der Waals surface area contributed by atoms with E-state index in [1.807, 2.05) is 0 Å². The second-order valence-corrected chi connectivity index (χ2v) is 4.73. The van der Waals surface area contributed by atoms with Crippen molar-refractivity contribution >= 4 is 40.5 Å². The minimum Gasteiger partial charge on any atom is -0.478 e. The molecule has 0 saturated heterocycles. The zero-order valence-corrected chi connectivity index (χ0v) is 10.6. The molecule has 0 aliphatic carbocycles. The standard InChI is InChI=1S/C12H8ClNO3S/c13-8-5-6-18-10(8)11(15)14-9-4-2-1-3-7(9)12(16)17/h1-6H,(H,14,15)(H,16,17). The number of carboxylic acids is 1. The van der Waals surface area contributed by atoms with E-state index in [1.54, 1.807) is 23.6 Å². The fourth-order valence-corrected chi connectivity index (χ4v) is 2.45. The Balaban J connectivity index is 2.28. The lowest BCUT2D eigenvalue weighted by Gasteiger charge is -2.07. The number of benzene rings is 1. The molecule has 1 heterocycles. The number of aromatic carboxylic acids is 1. The third kappa shape index (κ3) is 2.52. The number of para-hydroxylation sites is 1. The molecule has 6 heteroatoms. The molecule has 0 spiro atoms. The summed E-state index contributed by atoms with van der Waals surface area (Å²) in [7, 11) is 0. The van der Waals surface area contributed by atoms with Crippen LogP contribution in [0, 0.1) is 0 Å². The zero-order chi connectivity index (χ0) is 13.1. The summed E-state index contributed by atoms with van der Waals surface area (Å²) < 4.78 is 0. The van der Waals surface area contributed by atoms with Gasteiger partial charge >= 0.3 is 5.97 Å². The van der Waals surface area contributed by atoms with E-state index < -0.39 is 11.9 Å². The van der Waals surface area contributed by atoms with Crippen LogP contribution in [0.3, 0.4) is 0 Å². The first kappa shape index (κ1) is 12.6. The average molecular weight is 282 g/mol. The minimum atomic E-state index is -1.09. The summed E-state index contributed by atoms with van der Waals surface area (Å²) in [5.41, 5.74) is 0.290. The van der Waals surface area contributed by atoms with Gasteiger partial charge in [0, 0.05) is 0 Å². The first-order chi connectivity index (χ1) is 8.59. The topological polar surface area (TPSA) is 66.4 Å². The van der Waals surface area contributed by atoms with Gasteiger partial charge in [0.15, 0.2) is 0 Å². The summed E-state index contributed by atoms with van der Waals surface area (Å²) in [6, 6.07) is 7.82. The van der Waals surface area contributed by atoms with Gasteiger partial charge in [0.1, 0.15) is 4.88 Å². The van der Waals surface area contributed by atoms with Crippen molar-refractivity contribution in [3.63, 3.8) is 0 Å². The van der Waals surface area contributed by atoms with Crippen LogP contribution in [0.5, 0.6) is 0 Å². The molecule has 0 unspecified atom stereocenters. The second kappa shape index (κ2) is 5.20. The molecule has 0 atom stereocenters. The Morgan fingerprint density at radius 3 is 2.56 bits per heavy atom. The number of hydrogen-bond acceptors (Lipinski definition) is 3. The molecule has 4 nitrogen and oxygen atoms in total. The fourth-order valence-electron chi connectivity index (χ4n) is 1.41. The molecule has 2 rings (SSSR count). The highest BCUT2D eigenvalue weighted by atomic mass is 35.5. The van der Waals surface area contributed by atoms with E-state index in [2.05, 4.69) is 5.32 Å². The molecule has 18 heavy (non-hydrogen) atoms. The highest BCUT2D eigenvalue weighted by molar-refractivity contribution is 7.12. The molecule has 1 aromatic heterocycles. The van der Waals surface area contributed by atoms with Crippen molar-refractivity contribution in [3.8, 4) is 0 Å². The van der Waals surface area contributed by atoms with Crippen molar-refractivity contribution in [2.24, 2.45) is 0 Å². The van der Waals surface area contributed by atoms with Crippen molar-refractivity contribution in [3.05, 3.63) is 51.2 Å². The smallest absolute Gasteiger partial charge is 0.337 e. The fraction of sp³-hybridized carbons (Fsp3) is 0. The Hall–Kier alpha value is -1.85. The number of hydrogen-bond donors (Lipinski definition) is 2. The Kier molecular flexibility index (Phi) is 3.64. The first-order valence-corrected chi connectivity index (χ1v) is 6.22. The number of nitrogens with one attached hydrogen (secondary N) is 1. The van der Waals surface area contributed by atoms with Gasteiger partial charge in [0.25, 0.3) is 5.91 Å². The maximum atomic E-state index is 11.9. The van der Waals surface area contributed by atoms with Gasteiger partial charge in [-0.1, -0.05) is 23.7 Å². The molecule has 2 aromatic rings. The van der Waals surface area contributed by atoms with E-state index in [4.69, 9.17) is 16.7 Å². The molecule has 0 fully saturated rings. The highest BCUT2D eigenvalue weighted by Crippen LogP contribution is 2.24. The molecule has 92 valence electrons. The number of carbonyl (C=O) groups is 2. The minimum absolute atomic E-state index is 0.0403. The predicted octanol–water partition coefficient (Wildman–Crippen LogP) is 3.35. The summed E-state index contributed by atoms with van der Waals surface area (Å²) in [5, 5.41) is 13.6. The summed E-state index contributed by atoms with van der Waals surface area (Å²) in [5.74, 6) is -1.51. The van der Waals surface area contributed by atoms with Crippen LogP contribution in [0.15, 0.2) is 35.7 Å². The molecule has 0 saturated carbocycles. The zero-order valence-electron chi connectivity index (χ0n) is 9.01. The Morgan fingerprint density at radius 1 is 1.22 bits per heavy atom. The van der Waals surface area contributed by atoms with Gasteiger partial charge in [-0.15, -0.1) is 11.3 Å². The van der Waals surface area contributed by atoms with Gasteiger partial charge < -0.3 is 10.4 Å². The van der Waals surface area contributed by atoms with Gasteiger partial charge in [-0.05, 0) is 23.6 Å². The lowest BCUT2D eigenvalue weighted by molar-refractivity contribution is 0.0698. The third-order valence-corrected chi connectivity index (χ3v) is 3.57. The van der Waals surface area contributed by atoms with Crippen LogP contribution < -0.4 is 5.32 Å². The number of amides is 1. The van der Waals surface area contributed by atoms with Crippen molar-refractivity contribution in [1.82, 2.24) is 0 Å². The van der Waals surface area contributed by atoms with Crippen LogP contribution in [-0.2, 0) is 0 Å². The van der Waals surface area contributed by atoms with Crippen molar-refractivity contribution in [2.45, 2.75) is 0 Å². The van der Waals surface area contributed by atoms with Crippen LogP contribution in [0.25, 0.3) is 0 Å². The highest BCUT2D eigenvalue weighted by Gasteiger charge is 2.15. The van der Waals surface area contributed by atoms with Gasteiger partial charge in [-0.3, -0.25) is 4.79 Å². The van der Waals surface area contributed by atoms with Crippen LogP contribution in [0.4, 0.5) is 5.69 Å². The summed E-state index contributed by atoms with van der Waals surface area (Å²) in [6.07, 6.45) is 0. The summed E-state index contributed by atoms with van der Waals surface area (Å²) in [6.45, 7) is 0. The summed E-state index contributed by atoms with van der Waals surface area (Å²) >= 11 is 7.04. The number of halogens is 1. The molecule has 0 bridgehead atoms. The number of rotatable bonds is 3. The van der Waals surface area contributed by atoms with E-state index in [9.17, 15) is 9.59 Å². The van der Waals surface area contributed by atoms with E-state index in [-0.39, 0.29) is 11.3 Å². The molecule has 1 aromatic carbocycles. The van der Waals surface area contributed by atoms with Gasteiger partial charge in [0.05, 0.1) is 16.3 Å². The number of thiophene rings is 1. The van der Waals surface area contributed by atoms with Gasteiger partial charge in [0.2, 0.25) is 0 Å². The number of anilines is 1. The normalized spacial score (nSPS) is 10.1. The second-order valence-electron chi connectivity index (χ2n) is 3.40. The van der Waals surface area contributed by atoms with Gasteiger partial charge in [-0.2, -0.15) is 0 Å². The Labute approximate surface area is 112 Å². The van der Waals surface area contributed by atoms with Crippen LogP contribution in [0.1, 0.15) is 20.0 Å². The SMILES string of the molecule is O=C(O)c1ccccc1NC(=O)c1sccc1Cl. The Morgan fingerprint density at radius 2 is 1.94 bits per heavy atom. The average Bonchev–Trinajstić information content (AvgIpc) is 2.76. The maximum absolute atomic E-state index is 11.9. The van der Waals surface area contributed by atoms with E-state index in [0.29, 0.717) is 9.90 Å². The molecular formula is C12H8ClNO3S. The monoisotopic (exact) mass is 281 g/mol. The third-order valence-electron chi connectivity index (χ3n) is 2.23. The van der Waals surface area contributed by atoms with Crippen molar-refractivity contribution in [2.75, 3.05) is 5.32 Å². The van der Waals surface area contributed by atoms with Crippen molar-refractivity contribution < 1.29 is 14.7 Å². The summed E-state index contributed by atoms with van der Waals surface area (Å²) in [4.78, 5) is 23.2. The number of carbonyl (C=O) groups excluding carboxylic acids is 1. The van der Waals surface area contributed by atoms with E-state index in [1.165, 1.54) is 23.5 Å². The van der Waals surface area contributed by atoms with Crippen molar-refractivity contribution in [1.29, 1.82) is 0 Å². The molecule has 0 radical (unpaired) electrons. The molecule has 0 aliphatic heterocycles. The molecule has 0 aliphatic rings. The number of carboxylic acid groups (broad SMARTS) is 1. The molecule has 1 amide bonds. The van der Waals surface area contributed by atoms with Gasteiger partial charge in [-0.25, -0.2) is 4.79 Å². The Bertz CT molecular complexity index is 609. The van der Waals surface area contributed by atoms with Crippen LogP contribution >= 0.6 is 22.9 Å². The maximum Gasteiger partial charge on any atom is 0.337 e. The van der Waals surface area contributed by atoms with Crippen LogP contribution in [0.2, 0.25) is 5.02 Å². The first-order valence-electron chi connectivity index (χ1n) is 4.96. The quantitative estimate of drug-likeness (QED) is 0.906. The lowest BCUT2D eigenvalue weighted by atomic mass is 10.2. The predicted molar refractivity (Wildman–Crippen MR) is 70.7 cm³/mol. The lowest BCUT2D eigenvalue weighted by Crippen LogP contribution is -2.13. The molecule has 2 N–H and O–H groups in total. The van der Waals surface area contributed by atoms with E-state index >= 15 is 0 Å². The van der Waals surface area contributed by atoms with E-state index in [0.717, 1.165) is 0 Å². The van der Waals surface area contributed by atoms with Crippen LogP contribution in [-0.4, -0.2) is 17.0 Å². The molecular weight excluding hydrogens is 274 g/mol.